The highest BCUT2D eigenvalue weighted by Gasteiger charge is 2.23. The molecule has 6 heteroatoms. The van der Waals surface area contributed by atoms with Crippen LogP contribution in [0.15, 0.2) is 27.3 Å². The first-order valence-corrected chi connectivity index (χ1v) is 6.55. The van der Waals surface area contributed by atoms with Crippen LogP contribution in [0.4, 0.5) is 0 Å². The first-order valence-electron chi connectivity index (χ1n) is 5.75. The molecule has 0 aliphatic carbocycles. The number of amides is 1. The van der Waals surface area contributed by atoms with Crippen molar-refractivity contribution in [1.29, 1.82) is 0 Å². The molecule has 104 valence electrons. The fraction of sp³-hybridized carbons (Fsp3) is 0.385. The molecule has 1 N–H and O–H groups in total. The molecule has 1 unspecified atom stereocenters. The van der Waals surface area contributed by atoms with Crippen molar-refractivity contribution in [2.24, 2.45) is 5.92 Å². The van der Waals surface area contributed by atoms with Crippen molar-refractivity contribution in [1.82, 2.24) is 5.32 Å². The van der Waals surface area contributed by atoms with E-state index in [1.54, 1.807) is 12.1 Å². The minimum atomic E-state index is -0.662. The summed E-state index contributed by atoms with van der Waals surface area (Å²) in [5, 5.41) is 2.59. The molecule has 1 aromatic heterocycles. The summed E-state index contributed by atoms with van der Waals surface area (Å²) in [5.74, 6) is -0.349. The van der Waals surface area contributed by atoms with E-state index >= 15 is 0 Å². The summed E-state index contributed by atoms with van der Waals surface area (Å²) < 4.78 is 10.4. The molecule has 1 heterocycles. The lowest BCUT2D eigenvalue weighted by Crippen LogP contribution is -2.44. The van der Waals surface area contributed by atoms with E-state index in [1.165, 1.54) is 19.3 Å². The highest BCUT2D eigenvalue weighted by molar-refractivity contribution is 9.10. The predicted octanol–water partition coefficient (Wildman–Crippen LogP) is 2.37. The maximum atomic E-state index is 11.7. The summed E-state index contributed by atoms with van der Waals surface area (Å²) in [5.41, 5.74) is 0. The van der Waals surface area contributed by atoms with Crippen LogP contribution in [-0.2, 0) is 14.3 Å². The number of carbonyl (C=O) groups is 2. The number of halogens is 1. The molecule has 0 saturated carbocycles. The Morgan fingerprint density at radius 2 is 2.11 bits per heavy atom. The van der Waals surface area contributed by atoms with E-state index in [1.807, 2.05) is 13.8 Å². The largest absolute Gasteiger partial charge is 0.467 e. The summed E-state index contributed by atoms with van der Waals surface area (Å²) in [4.78, 5) is 23.2. The van der Waals surface area contributed by atoms with Gasteiger partial charge in [-0.05, 0) is 40.1 Å². The van der Waals surface area contributed by atoms with Crippen LogP contribution in [0.1, 0.15) is 19.6 Å². The van der Waals surface area contributed by atoms with Crippen LogP contribution in [0, 0.1) is 5.92 Å². The zero-order chi connectivity index (χ0) is 14.4. The van der Waals surface area contributed by atoms with Gasteiger partial charge in [-0.2, -0.15) is 0 Å². The first-order chi connectivity index (χ1) is 8.93. The zero-order valence-corrected chi connectivity index (χ0v) is 12.6. The maximum Gasteiger partial charge on any atom is 0.328 e. The molecule has 0 aromatic carbocycles. The molecule has 1 aromatic rings. The Balaban J connectivity index is 2.62. The molecule has 1 amide bonds. The standard InChI is InChI=1S/C13H16BrNO4/c1-8(2)12(13(17)18-3)15-11(16)7-5-9-4-6-10(14)19-9/h4-8,12H,1-3H3,(H,15,16)/b7-5+. The van der Waals surface area contributed by atoms with Crippen molar-refractivity contribution in [2.75, 3.05) is 7.11 Å². The van der Waals surface area contributed by atoms with Crippen LogP contribution in [0.3, 0.4) is 0 Å². The van der Waals surface area contributed by atoms with Gasteiger partial charge in [-0.15, -0.1) is 0 Å². The Labute approximate surface area is 120 Å². The van der Waals surface area contributed by atoms with Crippen LogP contribution in [-0.4, -0.2) is 25.0 Å². The van der Waals surface area contributed by atoms with Crippen molar-refractivity contribution in [3.63, 3.8) is 0 Å². The van der Waals surface area contributed by atoms with Crippen molar-refractivity contribution in [2.45, 2.75) is 19.9 Å². The minimum absolute atomic E-state index is 0.0532. The summed E-state index contributed by atoms with van der Waals surface area (Å²) in [6.07, 6.45) is 2.83. The van der Waals surface area contributed by atoms with Gasteiger partial charge in [-0.1, -0.05) is 13.8 Å². The van der Waals surface area contributed by atoms with Gasteiger partial charge in [-0.25, -0.2) is 4.79 Å². The first kappa shape index (κ1) is 15.5. The summed E-state index contributed by atoms with van der Waals surface area (Å²) in [6, 6.07) is 2.78. The molecule has 0 fully saturated rings. The van der Waals surface area contributed by atoms with E-state index in [0.717, 1.165) is 0 Å². The third-order valence-corrected chi connectivity index (χ3v) is 2.84. The van der Waals surface area contributed by atoms with Crippen molar-refractivity contribution in [3.8, 4) is 0 Å². The van der Waals surface area contributed by atoms with E-state index in [4.69, 9.17) is 4.42 Å². The number of ether oxygens (including phenoxy) is 1. The Morgan fingerprint density at radius 3 is 2.58 bits per heavy atom. The summed E-state index contributed by atoms with van der Waals surface area (Å²) in [6.45, 7) is 3.66. The van der Waals surface area contributed by atoms with E-state index in [-0.39, 0.29) is 11.8 Å². The Morgan fingerprint density at radius 1 is 1.42 bits per heavy atom. The summed E-state index contributed by atoms with van der Waals surface area (Å²) in [7, 11) is 1.29. The van der Waals surface area contributed by atoms with Crippen LogP contribution >= 0.6 is 15.9 Å². The molecule has 0 bridgehead atoms. The van der Waals surface area contributed by atoms with Gasteiger partial charge in [0.25, 0.3) is 0 Å². The minimum Gasteiger partial charge on any atom is -0.467 e. The monoisotopic (exact) mass is 329 g/mol. The smallest absolute Gasteiger partial charge is 0.328 e. The van der Waals surface area contributed by atoms with E-state index in [0.29, 0.717) is 10.4 Å². The predicted molar refractivity (Wildman–Crippen MR) is 74.2 cm³/mol. The number of rotatable bonds is 5. The second kappa shape index (κ2) is 7.13. The maximum absolute atomic E-state index is 11.7. The quantitative estimate of drug-likeness (QED) is 0.665. The fourth-order valence-corrected chi connectivity index (χ4v) is 1.72. The molecule has 0 saturated heterocycles. The molecular formula is C13H16BrNO4. The number of methoxy groups -OCH3 is 1. The molecule has 1 atom stereocenters. The van der Waals surface area contributed by atoms with E-state index < -0.39 is 12.0 Å². The third-order valence-electron chi connectivity index (χ3n) is 2.41. The lowest BCUT2D eigenvalue weighted by Gasteiger charge is -2.18. The van der Waals surface area contributed by atoms with Crippen molar-refractivity contribution in [3.05, 3.63) is 28.6 Å². The Hall–Kier alpha value is -1.56. The molecule has 0 radical (unpaired) electrons. The van der Waals surface area contributed by atoms with Gasteiger partial charge in [0, 0.05) is 6.08 Å². The van der Waals surface area contributed by atoms with Gasteiger partial charge in [0.05, 0.1) is 7.11 Å². The SMILES string of the molecule is COC(=O)C(NC(=O)/C=C/c1ccc(Br)o1)C(C)C. The highest BCUT2D eigenvalue weighted by atomic mass is 79.9. The molecule has 0 aliphatic rings. The zero-order valence-electron chi connectivity index (χ0n) is 11.0. The van der Waals surface area contributed by atoms with E-state index in [9.17, 15) is 9.59 Å². The number of carbonyl (C=O) groups excluding carboxylic acids is 2. The van der Waals surface area contributed by atoms with Gasteiger partial charge in [0.1, 0.15) is 11.8 Å². The molecule has 19 heavy (non-hydrogen) atoms. The highest BCUT2D eigenvalue weighted by Crippen LogP contribution is 2.15. The van der Waals surface area contributed by atoms with Crippen LogP contribution < -0.4 is 5.32 Å². The molecule has 0 aliphatic heterocycles. The number of hydrogen-bond donors (Lipinski definition) is 1. The normalized spacial score (nSPS) is 12.7. The fourth-order valence-electron chi connectivity index (χ4n) is 1.40. The van der Waals surface area contributed by atoms with Crippen LogP contribution in [0.5, 0.6) is 0 Å². The van der Waals surface area contributed by atoms with Crippen molar-refractivity contribution < 1.29 is 18.7 Å². The number of furan rings is 1. The van der Waals surface area contributed by atoms with Crippen LogP contribution in [0.25, 0.3) is 6.08 Å². The Kier molecular flexibility index (Phi) is 5.82. The Bertz CT molecular complexity index is 479. The van der Waals surface area contributed by atoms with Crippen molar-refractivity contribution >= 4 is 33.9 Å². The van der Waals surface area contributed by atoms with Gasteiger partial charge < -0.3 is 14.5 Å². The number of hydrogen-bond acceptors (Lipinski definition) is 4. The number of nitrogens with one attached hydrogen (secondary N) is 1. The average Bonchev–Trinajstić information content (AvgIpc) is 2.78. The molecule has 0 spiro atoms. The second-order valence-corrected chi connectivity index (χ2v) is 5.01. The number of esters is 1. The van der Waals surface area contributed by atoms with Gasteiger partial charge in [0.15, 0.2) is 4.67 Å². The molecule has 1 rings (SSSR count). The van der Waals surface area contributed by atoms with E-state index in [2.05, 4.69) is 26.0 Å². The third kappa shape index (κ3) is 4.90. The molecule has 5 nitrogen and oxygen atoms in total. The lowest BCUT2D eigenvalue weighted by molar-refractivity contribution is -0.145. The topological polar surface area (TPSA) is 68.5 Å². The van der Waals surface area contributed by atoms with Gasteiger partial charge in [0.2, 0.25) is 5.91 Å². The molecular weight excluding hydrogens is 314 g/mol. The second-order valence-electron chi connectivity index (χ2n) is 4.23. The average molecular weight is 330 g/mol. The lowest BCUT2D eigenvalue weighted by atomic mass is 10.0. The summed E-state index contributed by atoms with van der Waals surface area (Å²) >= 11 is 3.16. The van der Waals surface area contributed by atoms with Gasteiger partial charge >= 0.3 is 5.97 Å². The van der Waals surface area contributed by atoms with Gasteiger partial charge in [-0.3, -0.25) is 4.79 Å². The van der Waals surface area contributed by atoms with Crippen LogP contribution in [0.2, 0.25) is 0 Å².